The van der Waals surface area contributed by atoms with Crippen molar-refractivity contribution < 1.29 is 17.9 Å². The largest absolute Gasteiger partial charge is 0.497 e. The maximum Gasteiger partial charge on any atom is 0.244 e. The van der Waals surface area contributed by atoms with Gasteiger partial charge in [0.05, 0.1) is 26.8 Å². The lowest BCUT2D eigenvalue weighted by Crippen LogP contribution is -2.27. The van der Waals surface area contributed by atoms with E-state index in [9.17, 15) is 8.42 Å². The Balaban J connectivity index is 1.78. The number of hydrogen-bond donors (Lipinski definition) is 1. The summed E-state index contributed by atoms with van der Waals surface area (Å²) in [6.45, 7) is 0.00615. The smallest absolute Gasteiger partial charge is 0.244 e. The first-order valence-electron chi connectivity index (χ1n) is 8.53. The van der Waals surface area contributed by atoms with Crippen molar-refractivity contribution >= 4 is 10.0 Å². The third-order valence-corrected chi connectivity index (χ3v) is 5.98. The fourth-order valence-electron chi connectivity index (χ4n) is 3.17. The van der Waals surface area contributed by atoms with E-state index in [1.165, 1.54) is 26.7 Å². The van der Waals surface area contributed by atoms with Crippen molar-refractivity contribution in [2.75, 3.05) is 14.2 Å². The van der Waals surface area contributed by atoms with Gasteiger partial charge in [-0.1, -0.05) is 19.3 Å². The van der Waals surface area contributed by atoms with E-state index in [0.717, 1.165) is 25.7 Å². The molecule has 1 aliphatic rings. The molecule has 1 aromatic carbocycles. The summed E-state index contributed by atoms with van der Waals surface area (Å²) in [5.41, 5.74) is 0. The van der Waals surface area contributed by atoms with Crippen molar-refractivity contribution in [3.63, 3.8) is 0 Å². The van der Waals surface area contributed by atoms with Gasteiger partial charge in [0, 0.05) is 6.07 Å². The summed E-state index contributed by atoms with van der Waals surface area (Å²) in [6.07, 6.45) is 5.51. The molecule has 0 atom stereocenters. The minimum absolute atomic E-state index is 0.00615. The van der Waals surface area contributed by atoms with Crippen LogP contribution in [0.25, 0.3) is 0 Å². The molecule has 142 valence electrons. The van der Waals surface area contributed by atoms with E-state index >= 15 is 0 Å². The quantitative estimate of drug-likeness (QED) is 0.777. The van der Waals surface area contributed by atoms with E-state index in [0.29, 0.717) is 11.6 Å². The highest BCUT2D eigenvalue weighted by molar-refractivity contribution is 7.89. The molecule has 0 aliphatic heterocycles. The molecule has 1 aromatic heterocycles. The van der Waals surface area contributed by atoms with E-state index in [2.05, 4.69) is 20.2 Å². The normalized spacial score (nSPS) is 15.8. The van der Waals surface area contributed by atoms with Crippen molar-refractivity contribution in [2.45, 2.75) is 49.6 Å². The van der Waals surface area contributed by atoms with Crippen LogP contribution in [0.15, 0.2) is 23.1 Å². The number of rotatable bonds is 7. The van der Waals surface area contributed by atoms with Gasteiger partial charge in [0.1, 0.15) is 16.4 Å². The van der Waals surface area contributed by atoms with Crippen LogP contribution in [0.2, 0.25) is 0 Å². The lowest BCUT2D eigenvalue weighted by molar-refractivity contribution is 0.316. The second kappa shape index (κ2) is 8.00. The third-order valence-electron chi connectivity index (χ3n) is 4.56. The highest BCUT2D eigenvalue weighted by Gasteiger charge is 2.24. The van der Waals surface area contributed by atoms with Gasteiger partial charge >= 0.3 is 0 Å². The maximum atomic E-state index is 12.7. The molecule has 1 aliphatic carbocycles. The summed E-state index contributed by atoms with van der Waals surface area (Å²) in [5, 5.41) is 11.7. The van der Waals surface area contributed by atoms with Crippen molar-refractivity contribution in [2.24, 2.45) is 0 Å². The molecule has 0 unspecified atom stereocenters. The summed E-state index contributed by atoms with van der Waals surface area (Å²) >= 11 is 0. The lowest BCUT2D eigenvalue weighted by atomic mass is 9.96. The molecule has 1 fully saturated rings. The number of sulfonamides is 1. The van der Waals surface area contributed by atoms with Crippen LogP contribution in [0.5, 0.6) is 11.5 Å². The molecule has 0 amide bonds. The second-order valence-corrected chi connectivity index (χ2v) is 7.91. The van der Waals surface area contributed by atoms with Gasteiger partial charge in [0.2, 0.25) is 10.0 Å². The first kappa shape index (κ1) is 18.6. The fraction of sp³-hybridized carbons (Fsp3) is 0.562. The second-order valence-electron chi connectivity index (χ2n) is 6.17. The summed E-state index contributed by atoms with van der Waals surface area (Å²) in [4.78, 5) is 0.0102. The molecule has 0 radical (unpaired) electrons. The Labute approximate surface area is 152 Å². The first-order chi connectivity index (χ1) is 12.5. The van der Waals surface area contributed by atoms with Gasteiger partial charge < -0.3 is 9.47 Å². The average molecular weight is 381 g/mol. The molecule has 0 saturated heterocycles. The van der Waals surface area contributed by atoms with Gasteiger partial charge in [-0.05, 0) is 35.4 Å². The fourth-order valence-corrected chi connectivity index (χ4v) is 4.33. The van der Waals surface area contributed by atoms with Gasteiger partial charge in [-0.25, -0.2) is 17.8 Å². The number of hydrogen-bond acceptors (Lipinski definition) is 7. The van der Waals surface area contributed by atoms with Gasteiger partial charge in [-0.2, -0.15) is 0 Å². The predicted molar refractivity (Wildman–Crippen MR) is 93.5 cm³/mol. The minimum atomic E-state index is -3.82. The Bertz CT molecular complexity index is 846. The number of aromatic nitrogens is 4. The van der Waals surface area contributed by atoms with Gasteiger partial charge in [0.25, 0.3) is 0 Å². The number of ether oxygens (including phenoxy) is 2. The molecule has 3 rings (SSSR count). The topological polar surface area (TPSA) is 108 Å². The Hall–Kier alpha value is -2.20. The zero-order chi connectivity index (χ0) is 18.6. The maximum absolute atomic E-state index is 12.7. The van der Waals surface area contributed by atoms with Crippen LogP contribution in [0.1, 0.15) is 44.0 Å². The number of methoxy groups -OCH3 is 2. The standard InChI is InChI=1S/C16H23N5O4S/c1-24-13-8-9-14(25-2)15(10-13)26(22,23)17-11-16-18-19-20-21(16)12-6-4-3-5-7-12/h8-10,12,17H,3-7,11H2,1-2H3. The highest BCUT2D eigenvalue weighted by Crippen LogP contribution is 2.29. The molecule has 0 bridgehead atoms. The van der Waals surface area contributed by atoms with E-state index in [-0.39, 0.29) is 23.2 Å². The minimum Gasteiger partial charge on any atom is -0.497 e. The monoisotopic (exact) mass is 381 g/mol. The molecule has 1 saturated carbocycles. The molecule has 1 heterocycles. The van der Waals surface area contributed by atoms with Crippen molar-refractivity contribution in [3.8, 4) is 11.5 Å². The van der Waals surface area contributed by atoms with Crippen molar-refractivity contribution in [1.82, 2.24) is 24.9 Å². The van der Waals surface area contributed by atoms with Crippen LogP contribution >= 0.6 is 0 Å². The number of tetrazole rings is 1. The Morgan fingerprint density at radius 3 is 2.65 bits per heavy atom. The number of nitrogens with one attached hydrogen (secondary N) is 1. The van der Waals surface area contributed by atoms with Crippen molar-refractivity contribution in [1.29, 1.82) is 0 Å². The zero-order valence-electron chi connectivity index (χ0n) is 14.9. The molecule has 26 heavy (non-hydrogen) atoms. The first-order valence-corrected chi connectivity index (χ1v) is 10.0. The van der Waals surface area contributed by atoms with E-state index in [4.69, 9.17) is 9.47 Å². The molecule has 10 heteroatoms. The highest BCUT2D eigenvalue weighted by atomic mass is 32.2. The molecular weight excluding hydrogens is 358 g/mol. The predicted octanol–water partition coefficient (Wildman–Crippen LogP) is 1.67. The summed E-state index contributed by atoms with van der Waals surface area (Å²) in [7, 11) is -0.926. The number of benzene rings is 1. The molecule has 9 nitrogen and oxygen atoms in total. The van der Waals surface area contributed by atoms with E-state index < -0.39 is 10.0 Å². The Morgan fingerprint density at radius 1 is 1.19 bits per heavy atom. The van der Waals surface area contributed by atoms with Crippen LogP contribution < -0.4 is 14.2 Å². The van der Waals surface area contributed by atoms with Crippen LogP contribution in [0, 0.1) is 0 Å². The lowest BCUT2D eigenvalue weighted by Gasteiger charge is -2.22. The zero-order valence-corrected chi connectivity index (χ0v) is 15.7. The number of nitrogens with zero attached hydrogens (tertiary/aromatic N) is 4. The van der Waals surface area contributed by atoms with Gasteiger partial charge in [-0.15, -0.1) is 5.10 Å². The van der Waals surface area contributed by atoms with E-state index in [1.807, 2.05) is 0 Å². The third kappa shape index (κ3) is 3.96. The molecular formula is C16H23N5O4S. The molecule has 0 spiro atoms. The van der Waals surface area contributed by atoms with Gasteiger partial charge in [0.15, 0.2) is 5.82 Å². The van der Waals surface area contributed by atoms with E-state index in [1.54, 1.807) is 16.8 Å². The van der Waals surface area contributed by atoms with Crippen molar-refractivity contribution in [3.05, 3.63) is 24.0 Å². The van der Waals surface area contributed by atoms with Gasteiger partial charge in [-0.3, -0.25) is 0 Å². The Kier molecular flexibility index (Phi) is 5.72. The molecule has 2 aromatic rings. The summed E-state index contributed by atoms with van der Waals surface area (Å²) < 4.78 is 40.1. The van der Waals surface area contributed by atoms with Crippen LogP contribution in [0.3, 0.4) is 0 Å². The van der Waals surface area contributed by atoms with Crippen LogP contribution in [-0.2, 0) is 16.6 Å². The summed E-state index contributed by atoms with van der Waals surface area (Å²) in [5.74, 6) is 1.17. The van der Waals surface area contributed by atoms with Crippen LogP contribution in [0.4, 0.5) is 0 Å². The summed E-state index contributed by atoms with van der Waals surface area (Å²) in [6, 6.07) is 4.84. The Morgan fingerprint density at radius 2 is 1.96 bits per heavy atom. The molecule has 1 N–H and O–H groups in total. The SMILES string of the molecule is COc1ccc(OC)c(S(=O)(=O)NCc2nnnn2C2CCCCC2)c1. The van der Waals surface area contributed by atoms with Crippen LogP contribution in [-0.4, -0.2) is 42.8 Å². The average Bonchev–Trinajstić information content (AvgIpc) is 3.15.